The summed E-state index contributed by atoms with van der Waals surface area (Å²) in [5.41, 5.74) is 3.87. The molecule has 5 nitrogen and oxygen atoms in total. The summed E-state index contributed by atoms with van der Waals surface area (Å²) in [5, 5.41) is 5.35. The number of carbonyl (C=O) groups is 1. The van der Waals surface area contributed by atoms with E-state index >= 15 is 0 Å². The van der Waals surface area contributed by atoms with Gasteiger partial charge in [0.05, 0.1) is 6.33 Å². The van der Waals surface area contributed by atoms with Gasteiger partial charge in [-0.25, -0.2) is 14.2 Å². The number of aromatic nitrogens is 2. The Bertz CT molecular complexity index is 856. The van der Waals surface area contributed by atoms with Crippen LogP contribution >= 0.6 is 0 Å². The van der Waals surface area contributed by atoms with E-state index in [-0.39, 0.29) is 11.8 Å². The first-order valence-electron chi connectivity index (χ1n) is 8.22. The molecule has 0 atom stereocenters. The molecule has 1 aromatic heterocycles. The largest absolute Gasteiger partial charge is 0.348 e. The van der Waals surface area contributed by atoms with Gasteiger partial charge in [-0.05, 0) is 35.4 Å². The van der Waals surface area contributed by atoms with Gasteiger partial charge in [-0.2, -0.15) is 0 Å². The molecule has 3 rings (SSSR count). The molecular formula is C20H19FN4O. The van der Waals surface area contributed by atoms with Gasteiger partial charge in [0.15, 0.2) is 0 Å². The van der Waals surface area contributed by atoms with Crippen LogP contribution in [0.5, 0.6) is 0 Å². The molecule has 0 radical (unpaired) electrons. The summed E-state index contributed by atoms with van der Waals surface area (Å²) in [6.07, 6.45) is 8.11. The highest BCUT2D eigenvalue weighted by atomic mass is 19.1. The minimum Gasteiger partial charge on any atom is -0.348 e. The van der Waals surface area contributed by atoms with Gasteiger partial charge < -0.3 is 15.6 Å². The molecule has 0 aliphatic rings. The van der Waals surface area contributed by atoms with Crippen molar-refractivity contribution in [3.8, 4) is 0 Å². The van der Waals surface area contributed by atoms with Crippen LogP contribution < -0.4 is 10.6 Å². The van der Waals surface area contributed by atoms with E-state index in [1.807, 2.05) is 30.5 Å². The van der Waals surface area contributed by atoms with Gasteiger partial charge in [-0.1, -0.05) is 36.4 Å². The molecule has 2 aromatic carbocycles. The zero-order valence-corrected chi connectivity index (χ0v) is 14.1. The monoisotopic (exact) mass is 350 g/mol. The Kier molecular flexibility index (Phi) is 5.77. The SMILES string of the molecule is O=C(NC/C=C/c1ccc(Cc2cnc[nH]2)cc1)Nc1ccc(F)cc1. The Balaban J connectivity index is 1.43. The van der Waals surface area contributed by atoms with Crippen LogP contribution in [0.3, 0.4) is 0 Å². The number of benzene rings is 2. The highest BCUT2D eigenvalue weighted by Gasteiger charge is 2.00. The minimum absolute atomic E-state index is 0.337. The second kappa shape index (κ2) is 8.62. The average Bonchev–Trinajstić information content (AvgIpc) is 3.15. The van der Waals surface area contributed by atoms with Crippen LogP contribution in [0, 0.1) is 5.82 Å². The van der Waals surface area contributed by atoms with Crippen molar-refractivity contribution in [2.75, 3.05) is 11.9 Å². The summed E-state index contributed by atoms with van der Waals surface area (Å²) in [6, 6.07) is 13.5. The van der Waals surface area contributed by atoms with Gasteiger partial charge in [0.25, 0.3) is 0 Å². The highest BCUT2D eigenvalue weighted by Crippen LogP contribution is 2.10. The minimum atomic E-state index is -0.338. The normalized spacial score (nSPS) is 10.8. The molecule has 0 spiro atoms. The Morgan fingerprint density at radius 2 is 1.88 bits per heavy atom. The van der Waals surface area contributed by atoms with Gasteiger partial charge >= 0.3 is 6.03 Å². The van der Waals surface area contributed by atoms with Gasteiger partial charge in [0, 0.05) is 30.5 Å². The zero-order chi connectivity index (χ0) is 18.2. The molecule has 0 unspecified atom stereocenters. The number of anilines is 1. The third-order valence-corrected chi connectivity index (χ3v) is 3.72. The predicted octanol–water partition coefficient (Wildman–Crippen LogP) is 3.97. The van der Waals surface area contributed by atoms with Crippen molar-refractivity contribution < 1.29 is 9.18 Å². The first kappa shape index (κ1) is 17.4. The number of imidazole rings is 1. The van der Waals surface area contributed by atoms with Crippen molar-refractivity contribution in [1.29, 1.82) is 0 Å². The maximum absolute atomic E-state index is 12.8. The summed E-state index contributed by atoms with van der Waals surface area (Å²) in [7, 11) is 0. The molecule has 0 aliphatic carbocycles. The molecule has 0 saturated heterocycles. The van der Waals surface area contributed by atoms with Crippen LogP contribution in [0.15, 0.2) is 67.1 Å². The fourth-order valence-electron chi connectivity index (χ4n) is 2.40. The van der Waals surface area contributed by atoms with Gasteiger partial charge in [-0.15, -0.1) is 0 Å². The fraction of sp³-hybridized carbons (Fsp3) is 0.100. The Morgan fingerprint density at radius 3 is 2.58 bits per heavy atom. The first-order chi connectivity index (χ1) is 12.7. The van der Waals surface area contributed by atoms with Gasteiger partial charge in [0.2, 0.25) is 0 Å². The molecule has 2 amide bonds. The lowest BCUT2D eigenvalue weighted by Gasteiger charge is -2.05. The van der Waals surface area contributed by atoms with E-state index in [2.05, 4.69) is 32.7 Å². The second-order valence-electron chi connectivity index (χ2n) is 5.74. The second-order valence-corrected chi connectivity index (χ2v) is 5.74. The van der Waals surface area contributed by atoms with E-state index in [4.69, 9.17) is 0 Å². The highest BCUT2D eigenvalue weighted by molar-refractivity contribution is 5.89. The van der Waals surface area contributed by atoms with Crippen molar-refractivity contribution in [3.05, 3.63) is 89.8 Å². The number of H-pyrrole nitrogens is 1. The molecule has 0 aliphatic heterocycles. The van der Waals surface area contributed by atoms with Gasteiger partial charge in [-0.3, -0.25) is 0 Å². The van der Waals surface area contributed by atoms with Crippen LogP contribution in [0.2, 0.25) is 0 Å². The Hall–Kier alpha value is -3.41. The summed E-state index contributed by atoms with van der Waals surface area (Å²) in [6.45, 7) is 0.392. The van der Waals surface area contributed by atoms with Crippen molar-refractivity contribution in [2.24, 2.45) is 0 Å². The molecule has 26 heavy (non-hydrogen) atoms. The fourth-order valence-corrected chi connectivity index (χ4v) is 2.40. The van der Waals surface area contributed by atoms with Crippen LogP contribution in [-0.4, -0.2) is 22.5 Å². The number of carbonyl (C=O) groups excluding carboxylic acids is 1. The average molecular weight is 350 g/mol. The molecule has 132 valence electrons. The number of hydrogen-bond acceptors (Lipinski definition) is 2. The first-order valence-corrected chi connectivity index (χ1v) is 8.22. The molecule has 3 aromatic rings. The zero-order valence-electron chi connectivity index (χ0n) is 14.1. The summed E-state index contributed by atoms with van der Waals surface area (Å²) < 4.78 is 12.8. The number of aromatic amines is 1. The quantitative estimate of drug-likeness (QED) is 0.629. The summed E-state index contributed by atoms with van der Waals surface area (Å²) in [4.78, 5) is 18.8. The predicted molar refractivity (Wildman–Crippen MR) is 100 cm³/mol. The number of hydrogen-bond donors (Lipinski definition) is 3. The number of halogens is 1. The van der Waals surface area contributed by atoms with E-state index in [9.17, 15) is 9.18 Å². The lowest BCUT2D eigenvalue weighted by Crippen LogP contribution is -2.28. The summed E-state index contributed by atoms with van der Waals surface area (Å²) >= 11 is 0. The molecule has 6 heteroatoms. The molecule has 0 fully saturated rings. The molecule has 1 heterocycles. The van der Waals surface area contributed by atoms with Crippen LogP contribution in [0.4, 0.5) is 14.9 Å². The molecule has 0 saturated carbocycles. The number of rotatable bonds is 6. The van der Waals surface area contributed by atoms with Gasteiger partial charge in [0.1, 0.15) is 5.82 Å². The lowest BCUT2D eigenvalue weighted by atomic mass is 10.1. The van der Waals surface area contributed by atoms with E-state index in [0.29, 0.717) is 12.2 Å². The smallest absolute Gasteiger partial charge is 0.319 e. The van der Waals surface area contributed by atoms with E-state index in [0.717, 1.165) is 17.7 Å². The van der Waals surface area contributed by atoms with Crippen molar-refractivity contribution >= 4 is 17.8 Å². The third kappa shape index (κ3) is 5.31. The van der Waals surface area contributed by atoms with E-state index in [1.54, 1.807) is 6.33 Å². The van der Waals surface area contributed by atoms with E-state index in [1.165, 1.54) is 29.8 Å². The van der Waals surface area contributed by atoms with Crippen molar-refractivity contribution in [3.63, 3.8) is 0 Å². The Labute approximate surface area is 151 Å². The number of amides is 2. The summed E-state index contributed by atoms with van der Waals surface area (Å²) in [5.74, 6) is -0.338. The maximum Gasteiger partial charge on any atom is 0.319 e. The number of nitrogens with one attached hydrogen (secondary N) is 3. The van der Waals surface area contributed by atoms with Crippen LogP contribution in [0.1, 0.15) is 16.8 Å². The van der Waals surface area contributed by atoms with Crippen LogP contribution in [0.25, 0.3) is 6.08 Å². The lowest BCUT2D eigenvalue weighted by molar-refractivity contribution is 0.253. The number of nitrogens with zero attached hydrogens (tertiary/aromatic N) is 1. The van der Waals surface area contributed by atoms with Crippen molar-refractivity contribution in [2.45, 2.75) is 6.42 Å². The molecular weight excluding hydrogens is 331 g/mol. The molecule has 0 bridgehead atoms. The van der Waals surface area contributed by atoms with E-state index < -0.39 is 0 Å². The molecule has 3 N–H and O–H groups in total. The third-order valence-electron chi connectivity index (χ3n) is 3.72. The Morgan fingerprint density at radius 1 is 1.12 bits per heavy atom. The van der Waals surface area contributed by atoms with Crippen LogP contribution in [-0.2, 0) is 6.42 Å². The number of urea groups is 1. The standard InChI is InChI=1S/C20H19FN4O/c21-17-7-9-18(10-8-17)25-20(26)23-11-1-2-15-3-5-16(6-4-15)12-19-13-22-14-24-19/h1-10,13-14H,11-12H2,(H,22,24)(H2,23,25,26)/b2-1+. The topological polar surface area (TPSA) is 69.8 Å². The van der Waals surface area contributed by atoms with Crippen molar-refractivity contribution in [1.82, 2.24) is 15.3 Å². The maximum atomic E-state index is 12.8.